The molecule has 128 valence electrons. The molecule has 0 spiro atoms. The van der Waals surface area contributed by atoms with Gasteiger partial charge in [-0.2, -0.15) is 0 Å². The molecule has 0 bridgehead atoms. The second kappa shape index (κ2) is 7.62. The summed E-state index contributed by atoms with van der Waals surface area (Å²) < 4.78 is 11.6. The Balaban J connectivity index is 1.82. The zero-order valence-electron chi connectivity index (χ0n) is 12.9. The fraction of sp³-hybridized carbons (Fsp3) is 0.118. The van der Waals surface area contributed by atoms with Gasteiger partial charge in [-0.25, -0.2) is 0 Å². The third-order valence-corrected chi connectivity index (χ3v) is 4.18. The molecule has 1 heterocycles. The summed E-state index contributed by atoms with van der Waals surface area (Å²) in [4.78, 5) is 22.6. The van der Waals surface area contributed by atoms with Crippen molar-refractivity contribution >= 4 is 45.9 Å². The number of benzene rings is 2. The van der Waals surface area contributed by atoms with Gasteiger partial charge in [0.05, 0.1) is 11.5 Å². The smallest absolute Gasteiger partial charge is 0.270 e. The van der Waals surface area contributed by atoms with E-state index in [-0.39, 0.29) is 25.0 Å². The Labute approximate surface area is 156 Å². The number of nitrogens with zero attached hydrogens (tertiary/aromatic N) is 1. The first-order chi connectivity index (χ1) is 12.0. The van der Waals surface area contributed by atoms with Crippen LogP contribution < -0.4 is 10.1 Å². The summed E-state index contributed by atoms with van der Waals surface area (Å²) in [5.41, 5.74) is 1.63. The quantitative estimate of drug-likeness (QED) is 0.331. The minimum Gasteiger partial charge on any atom is -0.467 e. The molecule has 0 atom stereocenters. The number of non-ortho nitro benzene ring substituents is 1. The van der Waals surface area contributed by atoms with Crippen LogP contribution in [0.2, 0.25) is 0 Å². The standard InChI is InChI=1S/C17H13IN2O5/c18-13-2-4-14(5-3-13)19-16(21)6-1-11-7-15(20(22)23)8-12-9-24-10-25-17(11)12/h1-8H,9-10H2,(H,19,21)/b6-1+. The van der Waals surface area contributed by atoms with Crippen molar-refractivity contribution in [3.63, 3.8) is 0 Å². The van der Waals surface area contributed by atoms with Gasteiger partial charge in [-0.1, -0.05) is 0 Å². The van der Waals surface area contributed by atoms with Crippen LogP contribution in [0.15, 0.2) is 42.5 Å². The van der Waals surface area contributed by atoms with Gasteiger partial charge in [-0.15, -0.1) is 0 Å². The third-order valence-electron chi connectivity index (χ3n) is 3.46. The maximum Gasteiger partial charge on any atom is 0.270 e. The van der Waals surface area contributed by atoms with Crippen LogP contribution in [0.25, 0.3) is 6.08 Å². The van der Waals surface area contributed by atoms with E-state index in [1.54, 1.807) is 12.1 Å². The van der Waals surface area contributed by atoms with Gasteiger partial charge in [0.15, 0.2) is 6.79 Å². The van der Waals surface area contributed by atoms with Crippen LogP contribution in [-0.2, 0) is 16.1 Å². The van der Waals surface area contributed by atoms with E-state index in [1.165, 1.54) is 24.3 Å². The van der Waals surface area contributed by atoms with Gasteiger partial charge >= 0.3 is 0 Å². The minimum atomic E-state index is -0.488. The first kappa shape index (κ1) is 17.4. The lowest BCUT2D eigenvalue weighted by Gasteiger charge is -2.19. The molecule has 0 aliphatic carbocycles. The third kappa shape index (κ3) is 4.34. The average molecular weight is 452 g/mol. The zero-order chi connectivity index (χ0) is 17.8. The van der Waals surface area contributed by atoms with E-state index in [0.29, 0.717) is 22.6 Å². The number of halogens is 1. The van der Waals surface area contributed by atoms with Crippen LogP contribution in [0.5, 0.6) is 5.75 Å². The van der Waals surface area contributed by atoms with Crippen molar-refractivity contribution in [2.45, 2.75) is 6.61 Å². The normalized spacial score (nSPS) is 13.2. The van der Waals surface area contributed by atoms with E-state index in [4.69, 9.17) is 9.47 Å². The number of ether oxygens (including phenoxy) is 2. The number of amides is 1. The van der Waals surface area contributed by atoms with Gasteiger partial charge in [-0.05, 0) is 52.9 Å². The van der Waals surface area contributed by atoms with Crippen LogP contribution in [0.3, 0.4) is 0 Å². The Morgan fingerprint density at radius 3 is 2.76 bits per heavy atom. The topological polar surface area (TPSA) is 90.7 Å². The minimum absolute atomic E-state index is 0.0699. The lowest BCUT2D eigenvalue weighted by molar-refractivity contribution is -0.385. The van der Waals surface area contributed by atoms with Gasteiger partial charge in [-0.3, -0.25) is 14.9 Å². The van der Waals surface area contributed by atoms with Gasteiger partial charge in [0, 0.05) is 38.6 Å². The molecule has 0 saturated heterocycles. The van der Waals surface area contributed by atoms with E-state index in [1.807, 2.05) is 12.1 Å². The summed E-state index contributed by atoms with van der Waals surface area (Å²) in [6, 6.07) is 10.1. The van der Waals surface area contributed by atoms with E-state index in [9.17, 15) is 14.9 Å². The molecule has 0 unspecified atom stereocenters. The molecule has 8 heteroatoms. The maximum atomic E-state index is 12.1. The Morgan fingerprint density at radius 1 is 1.28 bits per heavy atom. The van der Waals surface area contributed by atoms with E-state index in [0.717, 1.165) is 3.57 Å². The molecular formula is C17H13IN2O5. The molecule has 7 nitrogen and oxygen atoms in total. The second-order valence-corrected chi connectivity index (χ2v) is 6.47. The SMILES string of the molecule is O=C(/C=C/c1cc([N+](=O)[O-])cc2c1OCOC2)Nc1ccc(I)cc1. The lowest BCUT2D eigenvalue weighted by atomic mass is 10.1. The highest BCUT2D eigenvalue weighted by atomic mass is 127. The van der Waals surface area contributed by atoms with Crippen LogP contribution in [0, 0.1) is 13.7 Å². The Hall–Kier alpha value is -2.46. The van der Waals surface area contributed by atoms with Crippen LogP contribution in [-0.4, -0.2) is 17.6 Å². The largest absolute Gasteiger partial charge is 0.467 e. The van der Waals surface area contributed by atoms with Gasteiger partial charge < -0.3 is 14.8 Å². The van der Waals surface area contributed by atoms with Crippen molar-refractivity contribution in [1.82, 2.24) is 0 Å². The highest BCUT2D eigenvalue weighted by Crippen LogP contribution is 2.33. The van der Waals surface area contributed by atoms with E-state index >= 15 is 0 Å². The van der Waals surface area contributed by atoms with Gasteiger partial charge in [0.25, 0.3) is 5.69 Å². The summed E-state index contributed by atoms with van der Waals surface area (Å²) in [5.74, 6) is 0.156. The van der Waals surface area contributed by atoms with Crippen molar-refractivity contribution in [1.29, 1.82) is 0 Å². The number of hydrogen-bond acceptors (Lipinski definition) is 5. The van der Waals surface area contributed by atoms with Crippen LogP contribution in [0.1, 0.15) is 11.1 Å². The van der Waals surface area contributed by atoms with Crippen LogP contribution in [0.4, 0.5) is 11.4 Å². The predicted octanol–water partition coefficient (Wildman–Crippen LogP) is 3.72. The monoisotopic (exact) mass is 452 g/mol. The maximum absolute atomic E-state index is 12.1. The second-order valence-electron chi connectivity index (χ2n) is 5.22. The molecule has 3 rings (SSSR count). The van der Waals surface area contributed by atoms with Gasteiger partial charge in [0.1, 0.15) is 5.75 Å². The Kier molecular flexibility index (Phi) is 5.29. The first-order valence-electron chi connectivity index (χ1n) is 7.29. The van der Waals surface area contributed by atoms with Crippen molar-refractivity contribution in [2.75, 3.05) is 12.1 Å². The molecule has 25 heavy (non-hydrogen) atoms. The summed E-state index contributed by atoms with van der Waals surface area (Å²) >= 11 is 2.18. The fourth-order valence-electron chi connectivity index (χ4n) is 2.34. The number of nitrogens with one attached hydrogen (secondary N) is 1. The molecule has 0 aromatic heterocycles. The number of carbonyl (C=O) groups excluding carboxylic acids is 1. The molecule has 0 fully saturated rings. The summed E-state index contributed by atoms with van der Waals surface area (Å²) in [6.07, 6.45) is 2.81. The number of hydrogen-bond donors (Lipinski definition) is 1. The number of nitro benzene ring substituents is 1. The number of fused-ring (bicyclic) bond motifs is 1. The van der Waals surface area contributed by atoms with Crippen LogP contribution >= 0.6 is 22.6 Å². The van der Waals surface area contributed by atoms with Crippen molar-refractivity contribution in [3.05, 3.63) is 67.3 Å². The number of carbonyl (C=O) groups is 1. The molecule has 2 aromatic carbocycles. The molecule has 1 aliphatic heterocycles. The summed E-state index contributed by atoms with van der Waals surface area (Å²) in [6.45, 7) is 0.299. The molecule has 1 N–H and O–H groups in total. The summed E-state index contributed by atoms with van der Waals surface area (Å²) in [7, 11) is 0. The van der Waals surface area contributed by atoms with Crippen molar-refractivity contribution in [3.8, 4) is 5.75 Å². The van der Waals surface area contributed by atoms with E-state index < -0.39 is 4.92 Å². The molecule has 0 radical (unpaired) electrons. The van der Waals surface area contributed by atoms with Gasteiger partial charge in [0.2, 0.25) is 5.91 Å². The first-order valence-corrected chi connectivity index (χ1v) is 8.37. The summed E-state index contributed by atoms with van der Waals surface area (Å²) in [5, 5.41) is 13.8. The number of nitro groups is 1. The highest BCUT2D eigenvalue weighted by Gasteiger charge is 2.19. The molecule has 1 amide bonds. The molecular weight excluding hydrogens is 439 g/mol. The Morgan fingerprint density at radius 2 is 2.04 bits per heavy atom. The molecule has 1 aliphatic rings. The number of anilines is 1. The lowest BCUT2D eigenvalue weighted by Crippen LogP contribution is -2.13. The predicted molar refractivity (Wildman–Crippen MR) is 100 cm³/mol. The van der Waals surface area contributed by atoms with Crippen molar-refractivity contribution in [2.24, 2.45) is 0 Å². The van der Waals surface area contributed by atoms with Crippen molar-refractivity contribution < 1.29 is 19.2 Å². The highest BCUT2D eigenvalue weighted by molar-refractivity contribution is 14.1. The Bertz CT molecular complexity index is 849. The fourth-order valence-corrected chi connectivity index (χ4v) is 2.70. The molecule has 2 aromatic rings. The molecule has 0 saturated carbocycles. The average Bonchev–Trinajstić information content (AvgIpc) is 2.61. The zero-order valence-corrected chi connectivity index (χ0v) is 15.1. The van der Waals surface area contributed by atoms with E-state index in [2.05, 4.69) is 27.9 Å². The number of rotatable bonds is 4.